The van der Waals surface area contributed by atoms with Crippen molar-refractivity contribution in [3.05, 3.63) is 52.7 Å². The van der Waals surface area contributed by atoms with Crippen LogP contribution in [0.1, 0.15) is 60.2 Å². The number of carbonyl (C=O) groups excluding carboxylic acids is 1. The van der Waals surface area contributed by atoms with Crippen molar-refractivity contribution in [1.82, 2.24) is 14.1 Å². The van der Waals surface area contributed by atoms with Crippen LogP contribution in [0.3, 0.4) is 0 Å². The van der Waals surface area contributed by atoms with Gasteiger partial charge in [0.2, 0.25) is 0 Å². The number of Topliss-reactive ketones (excluding diaryl/α,β-unsaturated/α-hetero) is 1. The minimum Gasteiger partial charge on any atom is -0.344 e. The SMILES string of the molecule is CCc1nccn1CC1(C)CCc2c(c3cc(C)c(C)cc3n2CC)C1=O. The van der Waals surface area contributed by atoms with Crippen LogP contribution in [0, 0.1) is 19.3 Å². The van der Waals surface area contributed by atoms with Gasteiger partial charge in [-0.1, -0.05) is 13.8 Å². The zero-order valence-corrected chi connectivity index (χ0v) is 17.1. The monoisotopic (exact) mass is 363 g/mol. The maximum Gasteiger partial charge on any atom is 0.172 e. The first-order valence-corrected chi connectivity index (χ1v) is 10.1. The van der Waals surface area contributed by atoms with Crippen LogP contribution in [0.5, 0.6) is 0 Å². The maximum absolute atomic E-state index is 13.8. The topological polar surface area (TPSA) is 39.8 Å². The van der Waals surface area contributed by atoms with Crippen molar-refractivity contribution in [3.8, 4) is 0 Å². The van der Waals surface area contributed by atoms with E-state index in [1.54, 1.807) is 0 Å². The molecule has 0 saturated carbocycles. The Hall–Kier alpha value is -2.36. The number of carbonyl (C=O) groups is 1. The first-order chi connectivity index (χ1) is 12.9. The molecule has 2 heterocycles. The number of hydrogen-bond acceptors (Lipinski definition) is 2. The molecule has 3 aromatic rings. The second kappa shape index (κ2) is 6.36. The van der Waals surface area contributed by atoms with Gasteiger partial charge >= 0.3 is 0 Å². The Morgan fingerprint density at radius 3 is 2.63 bits per heavy atom. The van der Waals surface area contributed by atoms with E-state index in [1.165, 1.54) is 22.3 Å². The van der Waals surface area contributed by atoms with Gasteiger partial charge < -0.3 is 9.13 Å². The number of nitrogens with zero attached hydrogens (tertiary/aromatic N) is 3. The van der Waals surface area contributed by atoms with Gasteiger partial charge in [0.25, 0.3) is 0 Å². The lowest BCUT2D eigenvalue weighted by molar-refractivity contribution is 0.0752. The molecule has 1 aromatic carbocycles. The molecule has 0 saturated heterocycles. The minimum absolute atomic E-state index is 0.292. The number of imidazole rings is 1. The zero-order valence-electron chi connectivity index (χ0n) is 17.1. The highest BCUT2D eigenvalue weighted by atomic mass is 16.1. The standard InChI is InChI=1S/C23H29N3O/c1-6-20-24-10-11-25(20)14-23(5)9-8-18-21(22(23)27)17-12-15(3)16(4)13-19(17)26(18)7-2/h10-13H,6-9,14H2,1-5H3. The second-order valence-corrected chi connectivity index (χ2v) is 8.23. The number of benzene rings is 1. The highest BCUT2D eigenvalue weighted by Gasteiger charge is 2.41. The molecule has 1 unspecified atom stereocenters. The van der Waals surface area contributed by atoms with Crippen LogP contribution in [0.4, 0.5) is 0 Å². The molecule has 0 radical (unpaired) electrons. The summed E-state index contributed by atoms with van der Waals surface area (Å²) in [5, 5.41) is 1.13. The molecule has 0 spiro atoms. The minimum atomic E-state index is -0.386. The molecule has 1 aliphatic carbocycles. The van der Waals surface area contributed by atoms with Gasteiger partial charge in [-0.05, 0) is 56.9 Å². The second-order valence-electron chi connectivity index (χ2n) is 8.23. The number of aryl methyl sites for hydroxylation is 4. The average molecular weight is 364 g/mol. The maximum atomic E-state index is 13.8. The zero-order chi connectivity index (χ0) is 19.3. The number of hydrogen-bond donors (Lipinski definition) is 0. The van der Waals surface area contributed by atoms with Crippen molar-refractivity contribution in [1.29, 1.82) is 0 Å². The van der Waals surface area contributed by atoms with Crippen LogP contribution in [0.2, 0.25) is 0 Å². The highest BCUT2D eigenvalue weighted by molar-refractivity contribution is 6.13. The third-order valence-corrected chi connectivity index (χ3v) is 6.43. The van der Waals surface area contributed by atoms with E-state index in [0.29, 0.717) is 12.3 Å². The summed E-state index contributed by atoms with van der Waals surface area (Å²) in [5.74, 6) is 1.34. The first-order valence-electron chi connectivity index (χ1n) is 10.1. The molecule has 27 heavy (non-hydrogen) atoms. The van der Waals surface area contributed by atoms with E-state index in [0.717, 1.165) is 42.6 Å². The Labute approximate surface area is 161 Å². The highest BCUT2D eigenvalue weighted by Crippen LogP contribution is 2.42. The van der Waals surface area contributed by atoms with Crippen LogP contribution in [-0.2, 0) is 25.9 Å². The van der Waals surface area contributed by atoms with Gasteiger partial charge in [-0.2, -0.15) is 0 Å². The molecule has 4 nitrogen and oxygen atoms in total. The fraction of sp³-hybridized carbons (Fsp3) is 0.478. The van der Waals surface area contributed by atoms with Gasteiger partial charge in [-0.15, -0.1) is 0 Å². The van der Waals surface area contributed by atoms with Gasteiger partial charge in [0.15, 0.2) is 5.78 Å². The van der Waals surface area contributed by atoms with Gasteiger partial charge in [0, 0.05) is 59.5 Å². The third kappa shape index (κ3) is 2.65. The summed E-state index contributed by atoms with van der Waals surface area (Å²) < 4.78 is 4.51. The molecule has 4 heteroatoms. The summed E-state index contributed by atoms with van der Waals surface area (Å²) in [7, 11) is 0. The Morgan fingerprint density at radius 2 is 1.93 bits per heavy atom. The Bertz CT molecular complexity index is 1040. The van der Waals surface area contributed by atoms with Crippen LogP contribution < -0.4 is 0 Å². The predicted molar refractivity (Wildman–Crippen MR) is 109 cm³/mol. The fourth-order valence-electron chi connectivity index (χ4n) is 4.67. The van der Waals surface area contributed by atoms with E-state index in [1.807, 2.05) is 12.4 Å². The van der Waals surface area contributed by atoms with Crippen molar-refractivity contribution in [2.75, 3.05) is 0 Å². The van der Waals surface area contributed by atoms with E-state index in [4.69, 9.17) is 0 Å². The van der Waals surface area contributed by atoms with Crippen molar-refractivity contribution in [2.45, 2.75) is 67.0 Å². The van der Waals surface area contributed by atoms with Crippen molar-refractivity contribution in [2.24, 2.45) is 5.41 Å². The molecular weight excluding hydrogens is 334 g/mol. The summed E-state index contributed by atoms with van der Waals surface area (Å²) in [4.78, 5) is 18.2. The van der Waals surface area contributed by atoms with E-state index < -0.39 is 0 Å². The molecule has 1 aliphatic rings. The Balaban J connectivity index is 1.85. The lowest BCUT2D eigenvalue weighted by Crippen LogP contribution is -2.37. The summed E-state index contributed by atoms with van der Waals surface area (Å²) in [6.07, 6.45) is 6.57. The van der Waals surface area contributed by atoms with Gasteiger partial charge in [0.1, 0.15) is 5.82 Å². The molecule has 0 bridgehead atoms. The summed E-state index contributed by atoms with van der Waals surface area (Å²) in [6, 6.07) is 4.47. The molecule has 0 fully saturated rings. The fourth-order valence-corrected chi connectivity index (χ4v) is 4.67. The molecule has 2 aromatic heterocycles. The van der Waals surface area contributed by atoms with Gasteiger partial charge in [0.05, 0.1) is 0 Å². The molecule has 142 valence electrons. The summed E-state index contributed by atoms with van der Waals surface area (Å²) >= 11 is 0. The predicted octanol–water partition coefficient (Wildman–Crippen LogP) is 4.87. The lowest BCUT2D eigenvalue weighted by Gasteiger charge is -2.33. The van der Waals surface area contributed by atoms with Crippen molar-refractivity contribution < 1.29 is 4.79 Å². The molecule has 0 N–H and O–H groups in total. The quantitative estimate of drug-likeness (QED) is 0.663. The molecule has 4 rings (SSSR count). The molecular formula is C23H29N3O. The van der Waals surface area contributed by atoms with E-state index in [2.05, 4.69) is 60.9 Å². The molecule has 0 amide bonds. The third-order valence-electron chi connectivity index (χ3n) is 6.43. The number of ketones is 1. The van der Waals surface area contributed by atoms with E-state index in [9.17, 15) is 4.79 Å². The normalized spacial score (nSPS) is 19.7. The Kier molecular flexibility index (Phi) is 4.25. The van der Waals surface area contributed by atoms with E-state index >= 15 is 0 Å². The summed E-state index contributed by atoms with van der Waals surface area (Å²) in [5.41, 5.74) is 5.54. The molecule has 1 atom stereocenters. The number of fused-ring (bicyclic) bond motifs is 3. The smallest absolute Gasteiger partial charge is 0.172 e. The Morgan fingerprint density at radius 1 is 1.19 bits per heavy atom. The van der Waals surface area contributed by atoms with Crippen LogP contribution >= 0.6 is 0 Å². The first kappa shape index (κ1) is 18.0. The van der Waals surface area contributed by atoms with Crippen molar-refractivity contribution >= 4 is 16.7 Å². The van der Waals surface area contributed by atoms with Crippen LogP contribution in [0.15, 0.2) is 24.5 Å². The lowest BCUT2D eigenvalue weighted by atomic mass is 9.72. The largest absolute Gasteiger partial charge is 0.344 e. The van der Waals surface area contributed by atoms with Crippen LogP contribution in [0.25, 0.3) is 10.9 Å². The summed E-state index contributed by atoms with van der Waals surface area (Å²) in [6.45, 7) is 12.3. The van der Waals surface area contributed by atoms with E-state index in [-0.39, 0.29) is 5.41 Å². The molecule has 0 aliphatic heterocycles. The van der Waals surface area contributed by atoms with Gasteiger partial charge in [-0.25, -0.2) is 4.98 Å². The van der Waals surface area contributed by atoms with Crippen LogP contribution in [-0.4, -0.2) is 19.9 Å². The average Bonchev–Trinajstić information content (AvgIpc) is 3.20. The van der Waals surface area contributed by atoms with Crippen molar-refractivity contribution in [3.63, 3.8) is 0 Å². The number of rotatable bonds is 4. The number of aromatic nitrogens is 3. The van der Waals surface area contributed by atoms with Gasteiger partial charge in [-0.3, -0.25) is 4.79 Å².